The van der Waals surface area contributed by atoms with E-state index in [2.05, 4.69) is 104 Å². The van der Waals surface area contributed by atoms with Gasteiger partial charge in [0.25, 0.3) is 11.4 Å². The van der Waals surface area contributed by atoms with Crippen LogP contribution in [0.5, 0.6) is 11.5 Å². The number of hydrogen-bond acceptors (Lipinski definition) is 2. The smallest absolute Gasteiger partial charge is 0.457 e. The van der Waals surface area contributed by atoms with Crippen LogP contribution in [0.15, 0.2) is 176 Å². The molecule has 0 saturated carbocycles. The summed E-state index contributed by atoms with van der Waals surface area (Å²) < 4.78 is 42.0. The molecule has 0 fully saturated rings. The predicted molar refractivity (Wildman–Crippen MR) is 235 cm³/mol. The lowest BCUT2D eigenvalue weighted by Gasteiger charge is -2.20. The number of halogens is 2. The average Bonchev–Trinajstić information content (AvgIpc) is 3.79. The molecule has 1 aliphatic heterocycles. The summed E-state index contributed by atoms with van der Waals surface area (Å²) in [5.74, 6) is 0.899. The SMILES string of the molecule is CC(C)(C)c1ccnc(-n2c3ccccc3c3ccc(Oc4cc(-c5ccccc5)cc([N+]5=C=[N+](c6ccccc6-c6cc(F)cc(F)c6)c6ccccc65)c4)cc32)c1. The maximum absolute atomic E-state index is 14.5. The third-order valence-corrected chi connectivity index (χ3v) is 10.9. The second kappa shape index (κ2) is 14.2. The fourth-order valence-electron chi connectivity index (χ4n) is 8.03. The Labute approximate surface area is 340 Å². The van der Waals surface area contributed by atoms with Gasteiger partial charge in [-0.15, -0.1) is 0 Å². The lowest BCUT2D eigenvalue weighted by molar-refractivity contribution is 0.483. The van der Waals surface area contributed by atoms with Gasteiger partial charge >= 0.3 is 6.01 Å². The summed E-state index contributed by atoms with van der Waals surface area (Å²) in [5.41, 5.74) is 9.63. The van der Waals surface area contributed by atoms with E-state index in [9.17, 15) is 8.78 Å². The average molecular weight is 773 g/mol. The maximum Gasteiger partial charge on any atom is 0.503 e. The first-order valence-corrected chi connectivity index (χ1v) is 19.6. The Bertz CT molecular complexity index is 3170. The van der Waals surface area contributed by atoms with E-state index in [0.717, 1.165) is 67.6 Å². The number of fused-ring (bicyclic) bond motifs is 4. The number of nitrogens with zero attached hydrogens (tertiary/aromatic N) is 4. The van der Waals surface area contributed by atoms with E-state index in [4.69, 9.17) is 9.72 Å². The van der Waals surface area contributed by atoms with Gasteiger partial charge in [-0.05, 0) is 91.4 Å². The van der Waals surface area contributed by atoms with Crippen molar-refractivity contribution in [2.24, 2.45) is 0 Å². The lowest BCUT2D eigenvalue weighted by Crippen LogP contribution is -2.12. The van der Waals surface area contributed by atoms with Gasteiger partial charge in [0.15, 0.2) is 0 Å². The van der Waals surface area contributed by atoms with Crippen molar-refractivity contribution in [1.82, 2.24) is 18.7 Å². The molecule has 0 N–H and O–H groups in total. The van der Waals surface area contributed by atoms with Gasteiger partial charge in [-0.2, -0.15) is 0 Å². The Morgan fingerprint density at radius 1 is 0.542 bits per heavy atom. The summed E-state index contributed by atoms with van der Waals surface area (Å²) >= 11 is 0. The van der Waals surface area contributed by atoms with Gasteiger partial charge in [0.05, 0.1) is 22.7 Å². The standard InChI is InChI=1S/C52H38F2N4O/c1-52(2,3)37-23-24-55-51(29-37)58-47-18-10-8-16-44(47)45-22-21-41(32-50(45)58)59-42-28-35(34-13-5-4-6-14-34)27-40(31-42)56-33-57(49-20-12-11-19-48(49)56)46-17-9-7-15-43(46)36-25-38(53)30-39(54)26-36/h4-32H,1-3H3/q+2. The number of benzene rings is 7. The molecule has 59 heavy (non-hydrogen) atoms. The summed E-state index contributed by atoms with van der Waals surface area (Å²) in [6.07, 6.45) is 1.89. The first kappa shape index (κ1) is 35.9. The Morgan fingerprint density at radius 2 is 1.22 bits per heavy atom. The summed E-state index contributed by atoms with van der Waals surface area (Å²) in [7, 11) is 0. The third-order valence-electron chi connectivity index (χ3n) is 10.9. The zero-order valence-electron chi connectivity index (χ0n) is 32.7. The molecular weight excluding hydrogens is 735 g/mol. The second-order valence-corrected chi connectivity index (χ2v) is 15.8. The van der Waals surface area contributed by atoms with E-state index >= 15 is 0 Å². The highest BCUT2D eigenvalue weighted by atomic mass is 19.1. The Balaban J connectivity index is 1.13. The van der Waals surface area contributed by atoms with E-state index in [1.807, 2.05) is 94.2 Å². The highest BCUT2D eigenvalue weighted by Gasteiger charge is 2.38. The topological polar surface area (TPSA) is 33.1 Å². The van der Waals surface area contributed by atoms with Gasteiger partial charge in [-0.3, -0.25) is 4.57 Å². The van der Waals surface area contributed by atoms with Crippen LogP contribution in [0, 0.1) is 11.6 Å². The number of ether oxygens (including phenoxy) is 1. The number of pyridine rings is 1. The molecule has 284 valence electrons. The molecule has 0 saturated heterocycles. The van der Waals surface area contributed by atoms with Crippen LogP contribution in [0.25, 0.3) is 49.9 Å². The fourth-order valence-corrected chi connectivity index (χ4v) is 8.03. The van der Waals surface area contributed by atoms with Gasteiger partial charge in [0.1, 0.15) is 29.0 Å². The number of hydrogen-bond donors (Lipinski definition) is 0. The van der Waals surface area contributed by atoms with Crippen molar-refractivity contribution in [3.05, 3.63) is 193 Å². The maximum atomic E-state index is 14.5. The van der Waals surface area contributed by atoms with Crippen molar-refractivity contribution >= 4 is 50.6 Å². The molecule has 5 nitrogen and oxygen atoms in total. The van der Waals surface area contributed by atoms with Crippen molar-refractivity contribution in [2.75, 3.05) is 0 Å². The predicted octanol–water partition coefficient (Wildman–Crippen LogP) is 13.7. The molecule has 0 spiro atoms. The molecule has 0 atom stereocenters. The van der Waals surface area contributed by atoms with E-state index in [0.29, 0.717) is 22.6 Å². The highest BCUT2D eigenvalue weighted by Crippen LogP contribution is 2.42. The van der Waals surface area contributed by atoms with Crippen LogP contribution in [0.3, 0.4) is 0 Å². The van der Waals surface area contributed by atoms with Crippen LogP contribution in [0.4, 0.5) is 31.5 Å². The van der Waals surface area contributed by atoms with Gasteiger partial charge in [0, 0.05) is 53.4 Å². The van der Waals surface area contributed by atoms with Crippen LogP contribution in [-0.4, -0.2) is 15.6 Å². The van der Waals surface area contributed by atoms with Crippen molar-refractivity contribution in [1.29, 1.82) is 0 Å². The van der Waals surface area contributed by atoms with Crippen LogP contribution >= 0.6 is 0 Å². The summed E-state index contributed by atoms with van der Waals surface area (Å²) in [5, 5.41) is 2.24. The van der Waals surface area contributed by atoms with Crippen molar-refractivity contribution < 1.29 is 13.5 Å². The fraction of sp³-hybridized carbons (Fsp3) is 0.0769. The quantitative estimate of drug-likeness (QED) is 0.151. The summed E-state index contributed by atoms with van der Waals surface area (Å²) in [4.78, 5) is 4.86. The first-order valence-electron chi connectivity index (χ1n) is 19.6. The van der Waals surface area contributed by atoms with Crippen molar-refractivity contribution in [3.8, 4) is 39.6 Å². The molecule has 1 aliphatic rings. The Morgan fingerprint density at radius 3 is 2.00 bits per heavy atom. The van der Waals surface area contributed by atoms with Gasteiger partial charge < -0.3 is 4.74 Å². The molecule has 0 aliphatic carbocycles. The molecule has 10 rings (SSSR count). The Kier molecular flexibility index (Phi) is 8.62. The van der Waals surface area contributed by atoms with Crippen LogP contribution in [0.1, 0.15) is 26.3 Å². The number of rotatable bonds is 7. The number of aromatic nitrogens is 2. The molecule has 2 aromatic heterocycles. The minimum atomic E-state index is -0.636. The van der Waals surface area contributed by atoms with Crippen molar-refractivity contribution in [2.45, 2.75) is 26.2 Å². The first-order chi connectivity index (χ1) is 28.7. The molecule has 0 unspecified atom stereocenters. The summed E-state index contributed by atoms with van der Waals surface area (Å²) in [6.45, 7) is 6.64. The van der Waals surface area contributed by atoms with E-state index in [-0.39, 0.29) is 5.41 Å². The monoisotopic (exact) mass is 772 g/mol. The molecule has 0 radical (unpaired) electrons. The molecule has 0 bridgehead atoms. The highest BCUT2D eigenvalue weighted by molar-refractivity contribution is 6.09. The van der Waals surface area contributed by atoms with Crippen LogP contribution in [-0.2, 0) is 5.41 Å². The van der Waals surface area contributed by atoms with Crippen LogP contribution < -0.4 is 13.9 Å². The largest absolute Gasteiger partial charge is 0.503 e. The van der Waals surface area contributed by atoms with E-state index in [1.54, 1.807) is 0 Å². The van der Waals surface area contributed by atoms with Gasteiger partial charge in [-0.1, -0.05) is 93.6 Å². The molecule has 0 amide bonds. The molecule has 9 aromatic rings. The van der Waals surface area contributed by atoms with Crippen LogP contribution in [0.2, 0.25) is 0 Å². The van der Waals surface area contributed by atoms with Gasteiger partial charge in [-0.25, -0.2) is 13.8 Å². The van der Waals surface area contributed by atoms with Gasteiger partial charge in [0.2, 0.25) is 11.4 Å². The van der Waals surface area contributed by atoms with E-state index in [1.165, 1.54) is 17.7 Å². The lowest BCUT2D eigenvalue weighted by atomic mass is 9.88. The minimum Gasteiger partial charge on any atom is -0.457 e. The Hall–Kier alpha value is -7.47. The zero-order valence-corrected chi connectivity index (χ0v) is 32.7. The normalized spacial score (nSPS) is 12.4. The molecular formula is C52H38F2N4O+2. The minimum absolute atomic E-state index is 0.0436. The van der Waals surface area contributed by atoms with E-state index < -0.39 is 11.6 Å². The van der Waals surface area contributed by atoms with Crippen molar-refractivity contribution in [3.63, 3.8) is 0 Å². The number of para-hydroxylation sites is 4. The third kappa shape index (κ3) is 6.58. The summed E-state index contributed by atoms with van der Waals surface area (Å²) in [6, 6.07) is 58.1. The zero-order chi connectivity index (χ0) is 40.3. The molecule has 7 heteroatoms. The second-order valence-electron chi connectivity index (χ2n) is 15.8. The molecule has 7 aromatic carbocycles. The molecule has 3 heterocycles.